The lowest BCUT2D eigenvalue weighted by atomic mass is 10.0. The molecule has 0 aliphatic rings. The second-order valence-electron chi connectivity index (χ2n) is 8.63. The number of benzene rings is 2. The van der Waals surface area contributed by atoms with Crippen molar-refractivity contribution in [2.24, 2.45) is 0 Å². The van der Waals surface area contributed by atoms with Gasteiger partial charge in [0.1, 0.15) is 5.82 Å². The number of nitrogens with one attached hydrogen (secondary N) is 1. The van der Waals surface area contributed by atoms with Crippen molar-refractivity contribution < 1.29 is 13.2 Å². The number of sulfonamides is 1. The van der Waals surface area contributed by atoms with E-state index in [1.807, 2.05) is 26.0 Å². The van der Waals surface area contributed by atoms with Crippen LogP contribution in [0.5, 0.6) is 0 Å². The molecule has 1 heterocycles. The van der Waals surface area contributed by atoms with Gasteiger partial charge < -0.3 is 9.88 Å². The number of rotatable bonds is 12. The Hall–Kier alpha value is -2.71. The van der Waals surface area contributed by atoms with Crippen molar-refractivity contribution >= 4 is 32.7 Å². The third kappa shape index (κ3) is 5.76. The predicted molar refractivity (Wildman–Crippen MR) is 142 cm³/mol. The number of aryl methyl sites for hydroxylation is 4. The van der Waals surface area contributed by atoms with Crippen LogP contribution in [0.15, 0.2) is 41.3 Å². The van der Waals surface area contributed by atoms with E-state index in [4.69, 9.17) is 4.98 Å². The van der Waals surface area contributed by atoms with E-state index in [9.17, 15) is 13.2 Å². The van der Waals surface area contributed by atoms with Crippen molar-refractivity contribution in [3.8, 4) is 0 Å². The highest BCUT2D eigenvalue weighted by atomic mass is 32.2. The smallest absolute Gasteiger partial charge is 0.243 e. The predicted octanol–water partition coefficient (Wildman–Crippen LogP) is 5.17. The monoisotopic (exact) mass is 498 g/mol. The van der Waals surface area contributed by atoms with E-state index in [2.05, 4.69) is 42.8 Å². The number of carbonyl (C=O) groups is 1. The molecule has 7 nitrogen and oxygen atoms in total. The number of imidazole rings is 1. The van der Waals surface area contributed by atoms with Gasteiger partial charge in [-0.15, -0.1) is 0 Å². The minimum Gasteiger partial charge on any atom is -0.328 e. The van der Waals surface area contributed by atoms with Gasteiger partial charge in [0.2, 0.25) is 15.9 Å². The van der Waals surface area contributed by atoms with Gasteiger partial charge in [0.05, 0.1) is 15.9 Å². The summed E-state index contributed by atoms with van der Waals surface area (Å²) >= 11 is 0. The fraction of sp³-hybridized carbons (Fsp3) is 0.481. The topological polar surface area (TPSA) is 84.3 Å². The molecule has 0 fully saturated rings. The van der Waals surface area contributed by atoms with Crippen LogP contribution in [-0.2, 0) is 40.6 Å². The van der Waals surface area contributed by atoms with Crippen LogP contribution in [0, 0.1) is 0 Å². The van der Waals surface area contributed by atoms with Crippen LogP contribution in [0.25, 0.3) is 11.0 Å². The van der Waals surface area contributed by atoms with E-state index in [0.717, 1.165) is 54.0 Å². The van der Waals surface area contributed by atoms with E-state index in [1.165, 1.54) is 4.31 Å². The first kappa shape index (κ1) is 26.9. The molecule has 0 saturated carbocycles. The molecule has 0 aliphatic carbocycles. The van der Waals surface area contributed by atoms with Crippen LogP contribution in [0.3, 0.4) is 0 Å². The molecule has 8 heteroatoms. The first-order valence-electron chi connectivity index (χ1n) is 12.7. The Morgan fingerprint density at radius 3 is 2.23 bits per heavy atom. The zero-order valence-corrected chi connectivity index (χ0v) is 22.4. The molecule has 0 bridgehead atoms. The van der Waals surface area contributed by atoms with Gasteiger partial charge in [0.15, 0.2) is 0 Å². The molecule has 0 saturated heterocycles. The molecule has 0 unspecified atom stereocenters. The zero-order chi connectivity index (χ0) is 25.6. The van der Waals surface area contributed by atoms with E-state index in [0.29, 0.717) is 31.4 Å². The Balaban J connectivity index is 1.86. The molecule has 3 rings (SSSR count). The SMILES string of the molecule is CCCn1c(CCC(=O)Nc2c(CC)cccc2CC)nc2cc(S(=O)(=O)N(CC)CC)ccc21. The molecule has 1 N–H and O–H groups in total. The second-order valence-corrected chi connectivity index (χ2v) is 10.6. The minimum absolute atomic E-state index is 0.0412. The Labute approximate surface area is 209 Å². The largest absolute Gasteiger partial charge is 0.328 e. The molecular formula is C27H38N4O3S. The van der Waals surface area contributed by atoms with Crippen LogP contribution < -0.4 is 5.32 Å². The lowest BCUT2D eigenvalue weighted by Crippen LogP contribution is -2.30. The quantitative estimate of drug-likeness (QED) is 0.373. The number of carbonyl (C=O) groups excluding carboxylic acids is 1. The lowest BCUT2D eigenvalue weighted by Gasteiger charge is -2.18. The number of amides is 1. The fourth-order valence-electron chi connectivity index (χ4n) is 4.53. The average Bonchev–Trinajstić information content (AvgIpc) is 3.20. The number of para-hydroxylation sites is 1. The summed E-state index contributed by atoms with van der Waals surface area (Å²) < 4.78 is 29.5. The maximum atomic E-state index is 13.0. The lowest BCUT2D eigenvalue weighted by molar-refractivity contribution is -0.116. The van der Waals surface area contributed by atoms with Gasteiger partial charge in [-0.2, -0.15) is 4.31 Å². The van der Waals surface area contributed by atoms with Crippen LogP contribution in [0.2, 0.25) is 0 Å². The Bertz CT molecular complexity index is 1250. The van der Waals surface area contributed by atoms with Crippen LogP contribution >= 0.6 is 0 Å². The van der Waals surface area contributed by atoms with Gasteiger partial charge in [-0.1, -0.05) is 52.8 Å². The molecule has 3 aromatic rings. The number of hydrogen-bond acceptors (Lipinski definition) is 4. The summed E-state index contributed by atoms with van der Waals surface area (Å²) in [7, 11) is -3.56. The number of fused-ring (bicyclic) bond motifs is 1. The van der Waals surface area contributed by atoms with E-state index < -0.39 is 10.0 Å². The highest BCUT2D eigenvalue weighted by Crippen LogP contribution is 2.25. The van der Waals surface area contributed by atoms with Gasteiger partial charge in [0, 0.05) is 38.2 Å². The maximum absolute atomic E-state index is 13.0. The van der Waals surface area contributed by atoms with Crippen LogP contribution in [-0.4, -0.2) is 41.3 Å². The number of anilines is 1. The molecule has 190 valence electrons. The van der Waals surface area contributed by atoms with Crippen molar-refractivity contribution in [2.45, 2.75) is 78.2 Å². The third-order valence-electron chi connectivity index (χ3n) is 6.43. The zero-order valence-electron chi connectivity index (χ0n) is 21.6. The van der Waals surface area contributed by atoms with Crippen molar-refractivity contribution in [3.05, 3.63) is 53.3 Å². The highest BCUT2D eigenvalue weighted by Gasteiger charge is 2.23. The summed E-state index contributed by atoms with van der Waals surface area (Å²) in [5.74, 6) is 0.759. The second kappa shape index (κ2) is 11.8. The van der Waals surface area contributed by atoms with Crippen molar-refractivity contribution in [1.29, 1.82) is 0 Å². The first-order chi connectivity index (χ1) is 16.8. The highest BCUT2D eigenvalue weighted by molar-refractivity contribution is 7.89. The van der Waals surface area contributed by atoms with Crippen molar-refractivity contribution in [1.82, 2.24) is 13.9 Å². The summed E-state index contributed by atoms with van der Waals surface area (Å²) in [5, 5.41) is 3.13. The Morgan fingerprint density at radius 1 is 1.00 bits per heavy atom. The summed E-state index contributed by atoms with van der Waals surface area (Å²) in [5.41, 5.74) is 4.74. The number of aromatic nitrogens is 2. The van der Waals surface area contributed by atoms with Crippen LogP contribution in [0.4, 0.5) is 5.69 Å². The van der Waals surface area contributed by atoms with E-state index in [-0.39, 0.29) is 10.8 Å². The summed E-state index contributed by atoms with van der Waals surface area (Å²) in [6, 6.07) is 11.3. The van der Waals surface area contributed by atoms with Crippen LogP contribution in [0.1, 0.15) is 64.4 Å². The van der Waals surface area contributed by atoms with E-state index in [1.54, 1.807) is 12.1 Å². The summed E-state index contributed by atoms with van der Waals surface area (Å²) in [6.07, 6.45) is 3.41. The van der Waals surface area contributed by atoms with Gasteiger partial charge in [-0.05, 0) is 48.6 Å². The number of hydrogen-bond donors (Lipinski definition) is 1. The van der Waals surface area contributed by atoms with Gasteiger partial charge in [-0.25, -0.2) is 13.4 Å². The van der Waals surface area contributed by atoms with Crippen molar-refractivity contribution in [3.63, 3.8) is 0 Å². The Morgan fingerprint density at radius 2 is 1.66 bits per heavy atom. The fourth-order valence-corrected chi connectivity index (χ4v) is 6.01. The summed E-state index contributed by atoms with van der Waals surface area (Å²) in [6.45, 7) is 11.5. The van der Waals surface area contributed by atoms with Crippen molar-refractivity contribution in [2.75, 3.05) is 18.4 Å². The van der Waals surface area contributed by atoms with Gasteiger partial charge >= 0.3 is 0 Å². The minimum atomic E-state index is -3.56. The molecule has 1 amide bonds. The normalized spacial score (nSPS) is 11.9. The molecule has 35 heavy (non-hydrogen) atoms. The first-order valence-corrected chi connectivity index (χ1v) is 14.1. The molecule has 0 aliphatic heterocycles. The molecule has 2 aromatic carbocycles. The maximum Gasteiger partial charge on any atom is 0.243 e. The number of nitrogens with zero attached hydrogens (tertiary/aromatic N) is 3. The molecule has 0 radical (unpaired) electrons. The molecular weight excluding hydrogens is 460 g/mol. The third-order valence-corrected chi connectivity index (χ3v) is 8.47. The van der Waals surface area contributed by atoms with Gasteiger partial charge in [0.25, 0.3) is 0 Å². The molecule has 0 spiro atoms. The standard InChI is InChI=1S/C27H38N4O3S/c1-6-18-31-24-15-14-22(35(33,34)30(9-4)10-5)19-23(24)28-25(31)16-17-26(32)29-27-20(7-2)12-11-13-21(27)8-3/h11-15,19H,6-10,16-18H2,1-5H3,(H,29,32). The molecule has 1 aromatic heterocycles. The summed E-state index contributed by atoms with van der Waals surface area (Å²) in [4.78, 5) is 17.9. The molecule has 0 atom stereocenters. The van der Waals surface area contributed by atoms with E-state index >= 15 is 0 Å². The average molecular weight is 499 g/mol. The van der Waals surface area contributed by atoms with Gasteiger partial charge in [-0.3, -0.25) is 4.79 Å². The Kier molecular flexibility index (Phi) is 9.08.